The molecule has 0 bridgehead atoms. The number of nitrogens with zero attached hydrogens (tertiary/aromatic N) is 3. The first kappa shape index (κ1) is 10.7. The number of amides is 1. The number of carbonyl (C=O) groups is 2. The van der Waals surface area contributed by atoms with E-state index in [1.54, 1.807) is 11.7 Å². The fraction of sp³-hybridized carbons (Fsp3) is 0.333. The van der Waals surface area contributed by atoms with Crippen LogP contribution >= 0.6 is 11.3 Å². The number of hydrogen-bond acceptors (Lipinski definition) is 5. The number of rotatable bonds is 3. The van der Waals surface area contributed by atoms with E-state index in [2.05, 4.69) is 10.1 Å². The van der Waals surface area contributed by atoms with Crippen LogP contribution in [0.4, 0.5) is 0 Å². The van der Waals surface area contributed by atoms with Gasteiger partial charge in [-0.15, -0.1) is 11.3 Å². The first-order valence-corrected chi connectivity index (χ1v) is 5.53. The van der Waals surface area contributed by atoms with E-state index in [4.69, 9.17) is 5.11 Å². The molecular weight excluding hydrogens is 230 g/mol. The van der Waals surface area contributed by atoms with Gasteiger partial charge in [0.1, 0.15) is 5.71 Å². The Morgan fingerprint density at radius 3 is 3.00 bits per heavy atom. The summed E-state index contributed by atoms with van der Waals surface area (Å²) in [7, 11) is 0. The van der Waals surface area contributed by atoms with Crippen molar-refractivity contribution in [1.29, 1.82) is 0 Å². The number of carboxylic acid groups (broad SMARTS) is 1. The molecule has 0 atom stereocenters. The van der Waals surface area contributed by atoms with Crippen molar-refractivity contribution < 1.29 is 14.7 Å². The number of carboxylic acids is 1. The average molecular weight is 239 g/mol. The molecule has 1 aliphatic heterocycles. The zero-order valence-electron chi connectivity index (χ0n) is 8.29. The monoisotopic (exact) mass is 239 g/mol. The molecular formula is C9H9N3O3S. The van der Waals surface area contributed by atoms with Gasteiger partial charge in [-0.2, -0.15) is 5.10 Å². The van der Waals surface area contributed by atoms with E-state index in [0.29, 0.717) is 6.54 Å². The van der Waals surface area contributed by atoms with Crippen LogP contribution in [0.2, 0.25) is 0 Å². The summed E-state index contributed by atoms with van der Waals surface area (Å²) in [6.45, 7) is 0.292. The Bertz CT molecular complexity index is 441. The third-order valence-corrected chi connectivity index (χ3v) is 2.91. The fourth-order valence-electron chi connectivity index (χ4n) is 1.35. The van der Waals surface area contributed by atoms with Crippen molar-refractivity contribution in [3.8, 4) is 0 Å². The molecule has 0 saturated heterocycles. The first-order chi connectivity index (χ1) is 7.66. The van der Waals surface area contributed by atoms with Crippen LogP contribution < -0.4 is 0 Å². The van der Waals surface area contributed by atoms with Crippen LogP contribution in [0.3, 0.4) is 0 Å². The van der Waals surface area contributed by atoms with Gasteiger partial charge in [0, 0.05) is 23.9 Å². The molecule has 0 unspecified atom stereocenters. The van der Waals surface area contributed by atoms with Gasteiger partial charge in [-0.05, 0) is 0 Å². The largest absolute Gasteiger partial charge is 0.477 e. The summed E-state index contributed by atoms with van der Waals surface area (Å²) < 4.78 is 0. The normalized spacial score (nSPS) is 16.1. The zero-order chi connectivity index (χ0) is 11.5. The number of carbonyl (C=O) groups excluding carboxylic acids is 1. The molecule has 16 heavy (non-hydrogen) atoms. The Morgan fingerprint density at radius 1 is 1.56 bits per heavy atom. The van der Waals surface area contributed by atoms with Crippen LogP contribution in [-0.4, -0.2) is 32.7 Å². The molecule has 2 rings (SSSR count). The third-order valence-electron chi connectivity index (χ3n) is 2.14. The van der Waals surface area contributed by atoms with Crippen molar-refractivity contribution in [3.05, 3.63) is 16.6 Å². The Balaban J connectivity index is 2.15. The molecule has 1 aromatic heterocycles. The Kier molecular flexibility index (Phi) is 2.95. The summed E-state index contributed by atoms with van der Waals surface area (Å²) in [5.41, 5.74) is 1.69. The highest BCUT2D eigenvalue weighted by atomic mass is 32.1. The summed E-state index contributed by atoms with van der Waals surface area (Å²) >= 11 is 1.41. The summed E-state index contributed by atoms with van der Waals surface area (Å²) in [6, 6.07) is 0. The summed E-state index contributed by atoms with van der Waals surface area (Å²) in [6.07, 6.45) is 2.04. The Morgan fingerprint density at radius 2 is 2.38 bits per heavy atom. The van der Waals surface area contributed by atoms with E-state index in [-0.39, 0.29) is 24.5 Å². The molecule has 0 saturated carbocycles. The van der Waals surface area contributed by atoms with E-state index >= 15 is 0 Å². The second kappa shape index (κ2) is 4.40. The van der Waals surface area contributed by atoms with Gasteiger partial charge in [-0.25, -0.2) is 9.80 Å². The van der Waals surface area contributed by atoms with Gasteiger partial charge in [0.15, 0.2) is 0 Å². The molecule has 1 aromatic rings. The maximum Gasteiger partial charge on any atom is 0.352 e. The molecule has 0 aromatic carbocycles. The van der Waals surface area contributed by atoms with Crippen molar-refractivity contribution in [2.24, 2.45) is 5.10 Å². The lowest BCUT2D eigenvalue weighted by molar-refractivity contribution is -0.133. The van der Waals surface area contributed by atoms with Crippen molar-refractivity contribution in [3.63, 3.8) is 0 Å². The fourth-order valence-corrected chi connectivity index (χ4v) is 1.92. The van der Waals surface area contributed by atoms with Crippen LogP contribution in [0.5, 0.6) is 0 Å². The minimum Gasteiger partial charge on any atom is -0.477 e. The molecule has 84 valence electrons. The van der Waals surface area contributed by atoms with Crippen LogP contribution in [0.25, 0.3) is 0 Å². The van der Waals surface area contributed by atoms with Crippen LogP contribution in [0.15, 0.2) is 16.8 Å². The van der Waals surface area contributed by atoms with Crippen LogP contribution in [0.1, 0.15) is 17.7 Å². The van der Waals surface area contributed by atoms with Gasteiger partial charge < -0.3 is 5.11 Å². The molecule has 1 aliphatic rings. The van der Waals surface area contributed by atoms with Gasteiger partial charge in [0.25, 0.3) is 0 Å². The molecule has 0 fully saturated rings. The molecule has 1 amide bonds. The number of aliphatic carboxylic acids is 1. The van der Waals surface area contributed by atoms with Gasteiger partial charge in [-0.1, -0.05) is 0 Å². The van der Waals surface area contributed by atoms with Crippen molar-refractivity contribution in [2.75, 3.05) is 0 Å². The topological polar surface area (TPSA) is 82.9 Å². The quantitative estimate of drug-likeness (QED) is 0.841. The van der Waals surface area contributed by atoms with Gasteiger partial charge in [-0.3, -0.25) is 9.78 Å². The van der Waals surface area contributed by atoms with Gasteiger partial charge in [0.2, 0.25) is 5.91 Å². The first-order valence-electron chi connectivity index (χ1n) is 4.65. The van der Waals surface area contributed by atoms with E-state index in [1.807, 2.05) is 0 Å². The molecule has 0 radical (unpaired) electrons. The SMILES string of the molecule is O=C(O)C1=NN(Cc2cncs2)C(=O)CC1. The standard InChI is InChI=1S/C9H9N3O3S/c13-8-2-1-7(9(14)15)11-12(8)4-6-3-10-5-16-6/h3,5H,1-2,4H2,(H,14,15). The molecule has 2 heterocycles. The van der Waals surface area contributed by atoms with E-state index in [0.717, 1.165) is 4.88 Å². The van der Waals surface area contributed by atoms with Crippen molar-refractivity contribution in [2.45, 2.75) is 19.4 Å². The number of thiazole rings is 1. The highest BCUT2D eigenvalue weighted by molar-refractivity contribution is 7.09. The van der Waals surface area contributed by atoms with Crippen molar-refractivity contribution in [1.82, 2.24) is 9.99 Å². The second-order valence-corrected chi connectivity index (χ2v) is 4.24. The van der Waals surface area contributed by atoms with Crippen LogP contribution in [0, 0.1) is 0 Å². The Hall–Kier alpha value is -1.76. The summed E-state index contributed by atoms with van der Waals surface area (Å²) in [5, 5.41) is 13.8. The molecule has 0 aliphatic carbocycles. The van der Waals surface area contributed by atoms with Gasteiger partial charge >= 0.3 is 5.97 Å². The summed E-state index contributed by atoms with van der Waals surface area (Å²) in [5.74, 6) is -1.22. The lowest BCUT2D eigenvalue weighted by Crippen LogP contribution is -2.33. The smallest absolute Gasteiger partial charge is 0.352 e. The maximum atomic E-state index is 11.5. The highest BCUT2D eigenvalue weighted by Crippen LogP contribution is 2.15. The number of hydrogen-bond donors (Lipinski definition) is 1. The minimum absolute atomic E-state index is 0.0316. The minimum atomic E-state index is -1.07. The third kappa shape index (κ3) is 2.25. The average Bonchev–Trinajstić information content (AvgIpc) is 2.73. The van der Waals surface area contributed by atoms with E-state index in [1.165, 1.54) is 16.3 Å². The van der Waals surface area contributed by atoms with Crippen molar-refractivity contribution >= 4 is 28.9 Å². The molecule has 7 heteroatoms. The predicted molar refractivity (Wildman–Crippen MR) is 57.0 cm³/mol. The molecule has 6 nitrogen and oxygen atoms in total. The Labute approximate surface area is 95.2 Å². The summed E-state index contributed by atoms with van der Waals surface area (Å²) in [4.78, 5) is 27.0. The zero-order valence-corrected chi connectivity index (χ0v) is 9.11. The van der Waals surface area contributed by atoms with E-state index < -0.39 is 5.97 Å². The highest BCUT2D eigenvalue weighted by Gasteiger charge is 2.24. The lowest BCUT2D eigenvalue weighted by atomic mass is 10.2. The van der Waals surface area contributed by atoms with E-state index in [9.17, 15) is 9.59 Å². The van der Waals surface area contributed by atoms with Gasteiger partial charge in [0.05, 0.1) is 12.1 Å². The maximum absolute atomic E-state index is 11.5. The second-order valence-electron chi connectivity index (χ2n) is 3.27. The van der Waals surface area contributed by atoms with Crippen LogP contribution in [-0.2, 0) is 16.1 Å². The molecule has 1 N–H and O–H groups in total. The number of hydrazone groups is 1. The predicted octanol–water partition coefficient (Wildman–Crippen LogP) is 0.706. The lowest BCUT2D eigenvalue weighted by Gasteiger charge is -2.21. The molecule has 0 spiro atoms. The number of aromatic nitrogens is 1.